The van der Waals surface area contributed by atoms with Gasteiger partial charge in [-0.15, -0.1) is 0 Å². The maximum atomic E-state index is 12.3. The normalized spacial score (nSPS) is 13.2. The smallest absolute Gasteiger partial charge is 0.407 e. The molecule has 0 aromatic heterocycles. The fourth-order valence-corrected chi connectivity index (χ4v) is 4.02. The summed E-state index contributed by atoms with van der Waals surface area (Å²) in [6.45, 7) is 0.127. The van der Waals surface area contributed by atoms with Gasteiger partial charge in [0.1, 0.15) is 12.4 Å². The van der Waals surface area contributed by atoms with Gasteiger partial charge in [-0.2, -0.15) is 0 Å². The zero-order chi connectivity index (χ0) is 21.8. The lowest BCUT2D eigenvalue weighted by Gasteiger charge is -2.16. The molecule has 0 fully saturated rings. The number of aliphatic carboxylic acids is 1. The first kappa shape index (κ1) is 20.5. The number of phenolic OH excluding ortho intramolecular Hbond substituents is 1. The molecule has 6 nitrogen and oxygen atoms in total. The van der Waals surface area contributed by atoms with Gasteiger partial charge < -0.3 is 20.3 Å². The second-order valence-corrected chi connectivity index (χ2v) is 7.61. The quantitative estimate of drug-likeness (QED) is 0.536. The molecule has 0 unspecified atom stereocenters. The number of hydrogen-bond donors (Lipinski definition) is 3. The molecule has 0 radical (unpaired) electrons. The lowest BCUT2D eigenvalue weighted by molar-refractivity contribution is -0.141. The van der Waals surface area contributed by atoms with Crippen LogP contribution in [-0.4, -0.2) is 35.4 Å². The Morgan fingerprint density at radius 2 is 1.48 bits per heavy atom. The largest absolute Gasteiger partial charge is 0.508 e. The number of alkyl carbamates (subject to hydrolysis) is 1. The number of benzene rings is 3. The molecule has 3 aromatic rings. The zero-order valence-corrected chi connectivity index (χ0v) is 16.8. The molecule has 6 heteroatoms. The molecule has 1 amide bonds. The topological polar surface area (TPSA) is 95.9 Å². The molecule has 1 atom stereocenters. The van der Waals surface area contributed by atoms with Crippen LogP contribution in [0.1, 0.15) is 22.6 Å². The first-order chi connectivity index (χ1) is 15.0. The number of nitrogens with one attached hydrogen (secondary N) is 1. The van der Waals surface area contributed by atoms with Crippen LogP contribution in [0.4, 0.5) is 4.79 Å². The van der Waals surface area contributed by atoms with Crippen molar-refractivity contribution in [1.82, 2.24) is 5.32 Å². The van der Waals surface area contributed by atoms with E-state index in [4.69, 9.17) is 4.74 Å². The number of aromatic hydroxyl groups is 1. The van der Waals surface area contributed by atoms with Crippen molar-refractivity contribution in [1.29, 1.82) is 0 Å². The van der Waals surface area contributed by atoms with Crippen LogP contribution in [0.2, 0.25) is 0 Å². The third-order valence-corrected chi connectivity index (χ3v) is 5.60. The summed E-state index contributed by atoms with van der Waals surface area (Å²) < 4.78 is 5.46. The van der Waals surface area contributed by atoms with Crippen LogP contribution in [0.25, 0.3) is 11.1 Å². The van der Waals surface area contributed by atoms with Crippen LogP contribution >= 0.6 is 0 Å². The molecule has 0 spiro atoms. The molecule has 1 aliphatic carbocycles. The molecule has 3 aromatic carbocycles. The van der Waals surface area contributed by atoms with Crippen LogP contribution in [0.3, 0.4) is 0 Å². The van der Waals surface area contributed by atoms with Crippen molar-refractivity contribution in [2.24, 2.45) is 5.92 Å². The average Bonchev–Trinajstić information content (AvgIpc) is 3.10. The van der Waals surface area contributed by atoms with E-state index in [1.54, 1.807) is 12.1 Å². The number of carbonyl (C=O) groups excluding carboxylic acids is 1. The molecule has 0 bridgehead atoms. The highest BCUT2D eigenvalue weighted by atomic mass is 16.5. The summed E-state index contributed by atoms with van der Waals surface area (Å²) >= 11 is 0. The monoisotopic (exact) mass is 417 g/mol. The standard InChI is InChI=1S/C25H23NO5/c27-18-11-9-16(10-12-18)13-17(24(28)29)14-26-25(30)31-15-23-21-7-3-1-5-19(21)20-6-2-4-8-22(20)23/h1-12,17,23,27H,13-15H2,(H,26,30)(H,28,29)/t17-/m0/s1. The number of amides is 1. The third-order valence-electron chi connectivity index (χ3n) is 5.60. The Hall–Kier alpha value is -3.80. The Morgan fingerprint density at radius 1 is 0.903 bits per heavy atom. The molecule has 3 N–H and O–H groups in total. The van der Waals surface area contributed by atoms with Crippen LogP contribution in [0.5, 0.6) is 5.75 Å². The van der Waals surface area contributed by atoms with E-state index in [1.165, 1.54) is 12.1 Å². The Kier molecular flexibility index (Phi) is 5.89. The van der Waals surface area contributed by atoms with E-state index in [2.05, 4.69) is 17.4 Å². The summed E-state index contributed by atoms with van der Waals surface area (Å²) in [6.07, 6.45) is -0.405. The van der Waals surface area contributed by atoms with Crippen molar-refractivity contribution >= 4 is 12.1 Å². The van der Waals surface area contributed by atoms with E-state index in [9.17, 15) is 19.8 Å². The lowest BCUT2D eigenvalue weighted by atomic mass is 9.98. The Morgan fingerprint density at radius 3 is 2.06 bits per heavy atom. The van der Waals surface area contributed by atoms with E-state index in [0.29, 0.717) is 0 Å². The van der Waals surface area contributed by atoms with E-state index in [0.717, 1.165) is 27.8 Å². The summed E-state index contributed by atoms with van der Waals surface area (Å²) in [5, 5.41) is 21.4. The maximum absolute atomic E-state index is 12.3. The van der Waals surface area contributed by atoms with Gasteiger partial charge in [0.25, 0.3) is 0 Å². The van der Waals surface area contributed by atoms with Crippen LogP contribution in [0.15, 0.2) is 72.8 Å². The Bertz CT molecular complexity index is 1050. The number of carboxylic acids is 1. The average molecular weight is 417 g/mol. The van der Waals surface area contributed by atoms with Crippen LogP contribution in [0, 0.1) is 5.92 Å². The Balaban J connectivity index is 1.36. The maximum Gasteiger partial charge on any atom is 0.407 e. The van der Waals surface area contributed by atoms with Gasteiger partial charge in [-0.3, -0.25) is 4.79 Å². The summed E-state index contributed by atoms with van der Waals surface area (Å²) in [5.74, 6) is -1.74. The van der Waals surface area contributed by atoms with Crippen molar-refractivity contribution in [3.63, 3.8) is 0 Å². The minimum absolute atomic E-state index is 0.0487. The van der Waals surface area contributed by atoms with Crippen molar-refractivity contribution in [2.45, 2.75) is 12.3 Å². The van der Waals surface area contributed by atoms with Gasteiger partial charge in [0.05, 0.1) is 5.92 Å². The van der Waals surface area contributed by atoms with Gasteiger partial charge in [-0.05, 0) is 46.4 Å². The molecule has 0 saturated heterocycles. The molecular weight excluding hydrogens is 394 g/mol. The minimum Gasteiger partial charge on any atom is -0.508 e. The second-order valence-electron chi connectivity index (χ2n) is 7.61. The SMILES string of the molecule is O=C(NC[C@H](Cc1ccc(O)cc1)C(=O)O)OCC1c2ccccc2-c2ccccc21. The summed E-state index contributed by atoms with van der Waals surface area (Å²) in [6, 6.07) is 22.5. The minimum atomic E-state index is -1.01. The first-order valence-corrected chi connectivity index (χ1v) is 10.1. The van der Waals surface area contributed by atoms with Crippen LogP contribution < -0.4 is 5.32 Å². The predicted molar refractivity (Wildman–Crippen MR) is 116 cm³/mol. The highest BCUT2D eigenvalue weighted by Crippen LogP contribution is 2.44. The molecule has 4 rings (SSSR count). The summed E-state index contributed by atoms with van der Waals surface area (Å²) in [7, 11) is 0. The number of rotatable bonds is 7. The van der Waals surface area contributed by atoms with E-state index >= 15 is 0 Å². The fraction of sp³-hybridized carbons (Fsp3) is 0.200. The molecule has 158 valence electrons. The van der Waals surface area contributed by atoms with Crippen molar-refractivity contribution in [2.75, 3.05) is 13.2 Å². The number of ether oxygens (including phenoxy) is 1. The van der Waals surface area contributed by atoms with Gasteiger partial charge in [0.2, 0.25) is 0 Å². The number of carboxylic acid groups (broad SMARTS) is 1. The summed E-state index contributed by atoms with van der Waals surface area (Å²) in [4.78, 5) is 23.9. The second kappa shape index (κ2) is 8.92. The van der Waals surface area contributed by atoms with E-state index in [-0.39, 0.29) is 31.2 Å². The van der Waals surface area contributed by atoms with Crippen molar-refractivity contribution < 1.29 is 24.5 Å². The molecule has 0 heterocycles. The van der Waals surface area contributed by atoms with Gasteiger partial charge in [-0.1, -0.05) is 60.7 Å². The lowest BCUT2D eigenvalue weighted by Crippen LogP contribution is -2.35. The molecule has 0 saturated carbocycles. The van der Waals surface area contributed by atoms with Crippen molar-refractivity contribution in [3.8, 4) is 16.9 Å². The van der Waals surface area contributed by atoms with E-state index < -0.39 is 18.0 Å². The zero-order valence-electron chi connectivity index (χ0n) is 16.8. The highest BCUT2D eigenvalue weighted by Gasteiger charge is 2.29. The third kappa shape index (κ3) is 4.53. The molecule has 1 aliphatic rings. The molecular formula is C25H23NO5. The number of phenols is 1. The molecule has 0 aliphatic heterocycles. The Labute approximate surface area is 180 Å². The predicted octanol–water partition coefficient (Wildman–Crippen LogP) is 4.17. The van der Waals surface area contributed by atoms with Gasteiger partial charge in [0, 0.05) is 12.5 Å². The van der Waals surface area contributed by atoms with Gasteiger partial charge >= 0.3 is 12.1 Å². The van der Waals surface area contributed by atoms with Gasteiger partial charge in [-0.25, -0.2) is 4.79 Å². The van der Waals surface area contributed by atoms with E-state index in [1.807, 2.05) is 36.4 Å². The molecule has 31 heavy (non-hydrogen) atoms. The van der Waals surface area contributed by atoms with Crippen LogP contribution in [-0.2, 0) is 16.0 Å². The fourth-order valence-electron chi connectivity index (χ4n) is 4.02. The summed E-state index contributed by atoms with van der Waals surface area (Å²) in [5.41, 5.74) is 5.29. The first-order valence-electron chi connectivity index (χ1n) is 10.1. The van der Waals surface area contributed by atoms with Crippen molar-refractivity contribution in [3.05, 3.63) is 89.5 Å². The number of fused-ring (bicyclic) bond motifs is 3. The number of hydrogen-bond acceptors (Lipinski definition) is 4. The highest BCUT2D eigenvalue weighted by molar-refractivity contribution is 5.79. The number of carbonyl (C=O) groups is 2. The van der Waals surface area contributed by atoms with Gasteiger partial charge in [0.15, 0.2) is 0 Å².